The molecule has 120 valence electrons. The highest BCUT2D eigenvalue weighted by Gasteiger charge is 2.09. The fourth-order valence-electron chi connectivity index (χ4n) is 2.07. The first-order valence-electron chi connectivity index (χ1n) is 7.07. The summed E-state index contributed by atoms with van der Waals surface area (Å²) in [7, 11) is 0. The van der Waals surface area contributed by atoms with Crippen molar-refractivity contribution in [3.05, 3.63) is 58.7 Å². The van der Waals surface area contributed by atoms with Crippen molar-refractivity contribution in [2.24, 2.45) is 0 Å². The zero-order valence-electron chi connectivity index (χ0n) is 12.3. The van der Waals surface area contributed by atoms with E-state index in [1.165, 1.54) is 23.9 Å². The molecule has 0 saturated heterocycles. The summed E-state index contributed by atoms with van der Waals surface area (Å²) in [4.78, 5) is 10.1. The van der Waals surface area contributed by atoms with E-state index in [2.05, 4.69) is 20.2 Å². The van der Waals surface area contributed by atoms with Gasteiger partial charge in [-0.2, -0.15) is 0 Å². The van der Waals surface area contributed by atoms with Crippen LogP contribution in [0, 0.1) is 5.82 Å². The van der Waals surface area contributed by atoms with Crippen LogP contribution in [0.25, 0.3) is 21.3 Å². The second kappa shape index (κ2) is 6.84. The van der Waals surface area contributed by atoms with Crippen molar-refractivity contribution in [1.82, 2.24) is 20.2 Å². The molecular formula is C16H11FN4S3. The summed E-state index contributed by atoms with van der Waals surface area (Å²) in [6.07, 6.45) is 0. The molecule has 1 aromatic carbocycles. The van der Waals surface area contributed by atoms with E-state index in [0.717, 1.165) is 27.0 Å². The first-order chi connectivity index (χ1) is 11.8. The van der Waals surface area contributed by atoms with Gasteiger partial charge in [0, 0.05) is 16.7 Å². The second-order valence-electron chi connectivity index (χ2n) is 4.88. The normalized spacial score (nSPS) is 11.0. The molecule has 4 aromatic rings. The van der Waals surface area contributed by atoms with Crippen LogP contribution < -0.4 is 0 Å². The number of aromatic nitrogens is 4. The average molecular weight is 374 g/mol. The summed E-state index contributed by atoms with van der Waals surface area (Å²) in [6.45, 7) is 0. The van der Waals surface area contributed by atoms with Crippen molar-refractivity contribution in [2.75, 3.05) is 0 Å². The van der Waals surface area contributed by atoms with Gasteiger partial charge in [-0.05, 0) is 35.7 Å². The van der Waals surface area contributed by atoms with E-state index < -0.39 is 0 Å². The highest BCUT2D eigenvalue weighted by molar-refractivity contribution is 7.98. The van der Waals surface area contributed by atoms with Gasteiger partial charge in [-0.15, -0.1) is 27.8 Å². The maximum atomic E-state index is 13.0. The fourth-order valence-corrected chi connectivity index (χ4v) is 4.36. The van der Waals surface area contributed by atoms with Crippen LogP contribution in [0.1, 0.15) is 5.69 Å². The number of halogens is 1. The maximum absolute atomic E-state index is 13.0. The van der Waals surface area contributed by atoms with Gasteiger partial charge < -0.3 is 0 Å². The molecule has 0 aliphatic heterocycles. The maximum Gasteiger partial charge on any atom is 0.209 e. The highest BCUT2D eigenvalue weighted by atomic mass is 32.2. The molecule has 3 aromatic heterocycles. The van der Waals surface area contributed by atoms with Gasteiger partial charge in [0.2, 0.25) is 5.16 Å². The lowest BCUT2D eigenvalue weighted by molar-refractivity contribution is 0.628. The quantitative estimate of drug-likeness (QED) is 0.495. The van der Waals surface area contributed by atoms with Gasteiger partial charge in [0.25, 0.3) is 0 Å². The summed E-state index contributed by atoms with van der Waals surface area (Å²) < 4.78 is 13.0. The lowest BCUT2D eigenvalue weighted by atomic mass is 10.2. The lowest BCUT2D eigenvalue weighted by Gasteiger charge is -1.95. The number of hydrogen-bond donors (Lipinski definition) is 1. The molecule has 4 rings (SSSR count). The third kappa shape index (κ3) is 3.40. The minimum absolute atomic E-state index is 0.239. The number of rotatable bonds is 5. The Morgan fingerprint density at radius 1 is 1.08 bits per heavy atom. The van der Waals surface area contributed by atoms with E-state index in [9.17, 15) is 4.39 Å². The molecule has 0 radical (unpaired) electrons. The smallest absolute Gasteiger partial charge is 0.209 e. The molecule has 0 aliphatic carbocycles. The van der Waals surface area contributed by atoms with Crippen molar-refractivity contribution in [3.8, 4) is 21.3 Å². The molecular weight excluding hydrogens is 363 g/mol. The Morgan fingerprint density at radius 3 is 2.75 bits per heavy atom. The second-order valence-corrected chi connectivity index (χ2v) is 7.63. The molecule has 0 fully saturated rings. The largest absolute Gasteiger partial charge is 0.257 e. The van der Waals surface area contributed by atoms with Gasteiger partial charge in [0.05, 0.1) is 10.6 Å². The molecule has 0 amide bonds. The van der Waals surface area contributed by atoms with Crippen LogP contribution in [0.2, 0.25) is 0 Å². The minimum Gasteiger partial charge on any atom is -0.257 e. The number of benzene rings is 1. The fraction of sp³-hybridized carbons (Fsp3) is 0.0625. The average Bonchev–Trinajstić information content (AvgIpc) is 3.34. The molecule has 8 heteroatoms. The first-order valence-corrected chi connectivity index (χ1v) is 9.82. The van der Waals surface area contributed by atoms with Gasteiger partial charge in [0.1, 0.15) is 10.8 Å². The standard InChI is InChI=1S/C16H11FN4S3/c17-11-5-3-10(4-6-11)15-18-12(8-23-15)9-24-16-19-14(20-21-16)13-2-1-7-22-13/h1-8H,9H2,(H,19,20,21). The molecule has 0 spiro atoms. The molecule has 0 unspecified atom stereocenters. The molecule has 4 nitrogen and oxygen atoms in total. The van der Waals surface area contributed by atoms with Crippen LogP contribution >= 0.6 is 34.4 Å². The molecule has 0 bridgehead atoms. The summed E-state index contributed by atoms with van der Waals surface area (Å²) in [5.41, 5.74) is 1.89. The van der Waals surface area contributed by atoms with Gasteiger partial charge in [-0.3, -0.25) is 5.10 Å². The van der Waals surface area contributed by atoms with Crippen molar-refractivity contribution in [2.45, 2.75) is 10.9 Å². The Kier molecular flexibility index (Phi) is 4.42. The Morgan fingerprint density at radius 2 is 1.96 bits per heavy atom. The predicted molar refractivity (Wildman–Crippen MR) is 96.8 cm³/mol. The van der Waals surface area contributed by atoms with Gasteiger partial charge >= 0.3 is 0 Å². The number of H-pyrrole nitrogens is 1. The van der Waals surface area contributed by atoms with Crippen molar-refractivity contribution >= 4 is 34.4 Å². The molecule has 0 aliphatic rings. The van der Waals surface area contributed by atoms with E-state index in [-0.39, 0.29) is 5.82 Å². The van der Waals surface area contributed by atoms with E-state index in [4.69, 9.17) is 0 Å². The zero-order valence-corrected chi connectivity index (χ0v) is 14.7. The summed E-state index contributed by atoms with van der Waals surface area (Å²) in [5.74, 6) is 1.24. The zero-order chi connectivity index (χ0) is 16.4. The van der Waals surface area contributed by atoms with E-state index in [1.54, 1.807) is 34.8 Å². The van der Waals surface area contributed by atoms with E-state index in [0.29, 0.717) is 10.9 Å². The summed E-state index contributed by atoms with van der Waals surface area (Å²) >= 11 is 4.72. The van der Waals surface area contributed by atoms with Crippen molar-refractivity contribution in [3.63, 3.8) is 0 Å². The predicted octanol–water partition coefficient (Wildman–Crippen LogP) is 5.09. The van der Waals surface area contributed by atoms with Crippen LogP contribution in [-0.2, 0) is 5.75 Å². The number of thiazole rings is 1. The van der Waals surface area contributed by atoms with E-state index in [1.807, 2.05) is 22.9 Å². The molecule has 1 N–H and O–H groups in total. The monoisotopic (exact) mass is 374 g/mol. The first kappa shape index (κ1) is 15.5. The van der Waals surface area contributed by atoms with Crippen LogP contribution in [0.15, 0.2) is 52.3 Å². The van der Waals surface area contributed by atoms with Gasteiger partial charge in [0.15, 0.2) is 5.82 Å². The van der Waals surface area contributed by atoms with Crippen LogP contribution in [0.5, 0.6) is 0 Å². The van der Waals surface area contributed by atoms with Crippen molar-refractivity contribution in [1.29, 1.82) is 0 Å². The minimum atomic E-state index is -0.239. The van der Waals surface area contributed by atoms with Crippen LogP contribution in [0.3, 0.4) is 0 Å². The topological polar surface area (TPSA) is 54.5 Å². The third-order valence-corrected chi connectivity index (χ3v) is 5.91. The van der Waals surface area contributed by atoms with Gasteiger partial charge in [-0.1, -0.05) is 17.8 Å². The van der Waals surface area contributed by atoms with Crippen LogP contribution in [0.4, 0.5) is 4.39 Å². The van der Waals surface area contributed by atoms with E-state index >= 15 is 0 Å². The van der Waals surface area contributed by atoms with Crippen molar-refractivity contribution < 1.29 is 4.39 Å². The highest BCUT2D eigenvalue weighted by Crippen LogP contribution is 2.28. The Hall–Kier alpha value is -2.03. The molecule has 24 heavy (non-hydrogen) atoms. The Balaban J connectivity index is 1.42. The SMILES string of the molecule is Fc1ccc(-c2nc(CSc3n[nH]c(-c4cccs4)n3)cs2)cc1. The number of thiophene rings is 1. The number of aromatic amines is 1. The van der Waals surface area contributed by atoms with Gasteiger partial charge in [-0.25, -0.2) is 14.4 Å². The number of hydrogen-bond acceptors (Lipinski definition) is 6. The summed E-state index contributed by atoms with van der Waals surface area (Å²) in [5, 5.41) is 12.8. The Bertz CT molecular complexity index is 929. The molecule has 0 atom stereocenters. The van der Waals surface area contributed by atoms with Crippen LogP contribution in [-0.4, -0.2) is 20.2 Å². The molecule has 3 heterocycles. The Labute approximate surface area is 149 Å². The summed E-state index contributed by atoms with van der Waals surface area (Å²) in [6, 6.07) is 10.4. The number of thioether (sulfide) groups is 1. The third-order valence-electron chi connectivity index (χ3n) is 3.21. The number of nitrogens with one attached hydrogen (secondary N) is 1. The molecule has 0 saturated carbocycles. The lowest BCUT2D eigenvalue weighted by Crippen LogP contribution is -1.83. The number of nitrogens with zero attached hydrogens (tertiary/aromatic N) is 3.